The number of hydrogen-bond acceptors (Lipinski definition) is 3. The summed E-state index contributed by atoms with van der Waals surface area (Å²) in [6, 6.07) is 0.703. The SMILES string of the molecule is CC1CCN(CC(O)CNC2CC3CCC2C3)CC1. The van der Waals surface area contributed by atoms with E-state index >= 15 is 0 Å². The minimum Gasteiger partial charge on any atom is -0.390 e. The summed E-state index contributed by atoms with van der Waals surface area (Å²) in [5.41, 5.74) is 0. The zero-order valence-electron chi connectivity index (χ0n) is 12.4. The van der Waals surface area contributed by atoms with E-state index in [1.807, 2.05) is 0 Å². The highest BCUT2D eigenvalue weighted by atomic mass is 16.3. The number of aliphatic hydroxyl groups is 1. The van der Waals surface area contributed by atoms with Gasteiger partial charge in [-0.2, -0.15) is 0 Å². The lowest BCUT2D eigenvalue weighted by atomic mass is 9.95. The number of β-amino-alcohol motifs (C(OH)–C–C–N with tert-alkyl or cyclic N) is 1. The Hall–Kier alpha value is -0.120. The van der Waals surface area contributed by atoms with Crippen LogP contribution in [0.1, 0.15) is 45.4 Å². The average molecular weight is 266 g/mol. The van der Waals surface area contributed by atoms with Crippen molar-refractivity contribution in [1.29, 1.82) is 0 Å². The second-order valence-electron chi connectivity index (χ2n) is 7.33. The second-order valence-corrected chi connectivity index (χ2v) is 7.33. The van der Waals surface area contributed by atoms with Crippen molar-refractivity contribution < 1.29 is 5.11 Å². The molecule has 0 spiro atoms. The van der Waals surface area contributed by atoms with Gasteiger partial charge in [-0.15, -0.1) is 0 Å². The van der Waals surface area contributed by atoms with Crippen molar-refractivity contribution in [3.05, 3.63) is 0 Å². The normalized spacial score (nSPS) is 37.9. The van der Waals surface area contributed by atoms with Crippen LogP contribution in [-0.2, 0) is 0 Å². The van der Waals surface area contributed by atoms with Gasteiger partial charge in [0.1, 0.15) is 0 Å². The summed E-state index contributed by atoms with van der Waals surface area (Å²) in [6.07, 6.45) is 8.09. The summed E-state index contributed by atoms with van der Waals surface area (Å²) in [4.78, 5) is 2.44. The fourth-order valence-electron chi connectivity index (χ4n) is 4.39. The first-order valence-electron chi connectivity index (χ1n) is 8.34. The highest BCUT2D eigenvalue weighted by molar-refractivity contribution is 4.94. The molecule has 4 atom stereocenters. The van der Waals surface area contributed by atoms with E-state index in [-0.39, 0.29) is 6.10 Å². The van der Waals surface area contributed by atoms with Crippen molar-refractivity contribution >= 4 is 0 Å². The number of piperidine rings is 1. The Morgan fingerprint density at radius 2 is 1.95 bits per heavy atom. The molecular weight excluding hydrogens is 236 g/mol. The van der Waals surface area contributed by atoms with Crippen LogP contribution in [0.4, 0.5) is 0 Å². The van der Waals surface area contributed by atoms with Crippen LogP contribution in [0.2, 0.25) is 0 Å². The molecule has 0 amide bonds. The lowest BCUT2D eigenvalue weighted by molar-refractivity contribution is 0.0870. The van der Waals surface area contributed by atoms with Crippen LogP contribution < -0.4 is 5.32 Å². The summed E-state index contributed by atoms with van der Waals surface area (Å²) in [5, 5.41) is 13.8. The monoisotopic (exact) mass is 266 g/mol. The summed E-state index contributed by atoms with van der Waals surface area (Å²) >= 11 is 0. The summed E-state index contributed by atoms with van der Waals surface area (Å²) in [6.45, 7) is 6.34. The van der Waals surface area contributed by atoms with Crippen molar-refractivity contribution in [2.75, 3.05) is 26.2 Å². The first kappa shape index (κ1) is 13.8. The number of nitrogens with zero attached hydrogens (tertiary/aromatic N) is 1. The van der Waals surface area contributed by atoms with Crippen molar-refractivity contribution in [3.63, 3.8) is 0 Å². The second kappa shape index (κ2) is 6.11. The van der Waals surface area contributed by atoms with Crippen molar-refractivity contribution in [2.24, 2.45) is 17.8 Å². The maximum absolute atomic E-state index is 10.2. The van der Waals surface area contributed by atoms with Gasteiger partial charge in [0, 0.05) is 19.1 Å². The van der Waals surface area contributed by atoms with Gasteiger partial charge in [-0.1, -0.05) is 13.3 Å². The van der Waals surface area contributed by atoms with Crippen LogP contribution >= 0.6 is 0 Å². The van der Waals surface area contributed by atoms with Crippen molar-refractivity contribution in [2.45, 2.75) is 57.6 Å². The minimum absolute atomic E-state index is 0.187. The zero-order chi connectivity index (χ0) is 13.2. The molecule has 3 heteroatoms. The molecule has 4 unspecified atom stereocenters. The molecule has 0 aromatic carbocycles. The molecule has 2 saturated carbocycles. The molecule has 3 rings (SSSR count). The van der Waals surface area contributed by atoms with E-state index in [0.717, 1.165) is 30.8 Å². The Balaban J connectivity index is 1.34. The van der Waals surface area contributed by atoms with Gasteiger partial charge in [-0.25, -0.2) is 0 Å². The number of aliphatic hydroxyl groups excluding tert-OH is 1. The molecule has 2 aliphatic carbocycles. The average Bonchev–Trinajstić information content (AvgIpc) is 3.01. The molecule has 0 radical (unpaired) electrons. The summed E-state index contributed by atoms with van der Waals surface area (Å²) < 4.78 is 0. The van der Waals surface area contributed by atoms with Gasteiger partial charge < -0.3 is 15.3 Å². The van der Waals surface area contributed by atoms with Crippen LogP contribution in [0.3, 0.4) is 0 Å². The van der Waals surface area contributed by atoms with Crippen LogP contribution in [0.25, 0.3) is 0 Å². The fraction of sp³-hybridized carbons (Fsp3) is 1.00. The van der Waals surface area contributed by atoms with Crippen LogP contribution in [0.15, 0.2) is 0 Å². The van der Waals surface area contributed by atoms with Crippen LogP contribution in [0, 0.1) is 17.8 Å². The first-order chi connectivity index (χ1) is 9.20. The van der Waals surface area contributed by atoms with E-state index < -0.39 is 0 Å². The number of nitrogens with one attached hydrogen (secondary N) is 1. The first-order valence-corrected chi connectivity index (χ1v) is 8.34. The smallest absolute Gasteiger partial charge is 0.0791 e. The number of hydrogen-bond donors (Lipinski definition) is 2. The van der Waals surface area contributed by atoms with E-state index in [2.05, 4.69) is 17.1 Å². The Morgan fingerprint density at radius 1 is 1.16 bits per heavy atom. The lowest BCUT2D eigenvalue weighted by Crippen LogP contribution is -2.45. The standard InChI is InChI=1S/C16H30N2O/c1-12-4-6-18(7-5-12)11-15(19)10-17-16-9-13-2-3-14(16)8-13/h12-17,19H,2-11H2,1H3. The van der Waals surface area contributed by atoms with E-state index in [1.54, 1.807) is 0 Å². The molecule has 2 bridgehead atoms. The maximum atomic E-state index is 10.2. The van der Waals surface area contributed by atoms with E-state index in [1.165, 1.54) is 51.6 Å². The molecule has 1 saturated heterocycles. The molecule has 3 fully saturated rings. The van der Waals surface area contributed by atoms with Crippen molar-refractivity contribution in [3.8, 4) is 0 Å². The third-order valence-electron chi connectivity index (χ3n) is 5.70. The zero-order valence-corrected chi connectivity index (χ0v) is 12.4. The number of fused-ring (bicyclic) bond motifs is 2. The van der Waals surface area contributed by atoms with Gasteiger partial charge in [-0.05, 0) is 62.9 Å². The van der Waals surface area contributed by atoms with Gasteiger partial charge in [0.15, 0.2) is 0 Å². The predicted octanol–water partition coefficient (Wildman–Crippen LogP) is 1.86. The molecule has 1 heterocycles. The van der Waals surface area contributed by atoms with Crippen LogP contribution in [-0.4, -0.2) is 48.3 Å². The molecule has 0 aromatic rings. The lowest BCUT2D eigenvalue weighted by Gasteiger charge is -2.32. The molecule has 3 aliphatic rings. The summed E-state index contributed by atoms with van der Waals surface area (Å²) in [7, 11) is 0. The molecule has 3 nitrogen and oxygen atoms in total. The highest BCUT2D eigenvalue weighted by Crippen LogP contribution is 2.44. The summed E-state index contributed by atoms with van der Waals surface area (Å²) in [5.74, 6) is 2.77. The quantitative estimate of drug-likeness (QED) is 0.797. The Kier molecular flexibility index (Phi) is 4.45. The maximum Gasteiger partial charge on any atom is 0.0791 e. The van der Waals surface area contributed by atoms with Crippen LogP contribution in [0.5, 0.6) is 0 Å². The van der Waals surface area contributed by atoms with E-state index in [0.29, 0.717) is 6.04 Å². The minimum atomic E-state index is -0.187. The molecule has 110 valence electrons. The third kappa shape index (κ3) is 3.50. The van der Waals surface area contributed by atoms with Crippen molar-refractivity contribution in [1.82, 2.24) is 10.2 Å². The number of likely N-dealkylation sites (tertiary alicyclic amines) is 1. The van der Waals surface area contributed by atoms with Gasteiger partial charge in [0.2, 0.25) is 0 Å². The van der Waals surface area contributed by atoms with E-state index in [4.69, 9.17) is 0 Å². The van der Waals surface area contributed by atoms with E-state index in [9.17, 15) is 5.11 Å². The van der Waals surface area contributed by atoms with Gasteiger partial charge in [0.05, 0.1) is 6.10 Å². The molecule has 2 N–H and O–H groups in total. The van der Waals surface area contributed by atoms with Gasteiger partial charge in [0.25, 0.3) is 0 Å². The Bertz CT molecular complexity index is 288. The fourth-order valence-corrected chi connectivity index (χ4v) is 4.39. The van der Waals surface area contributed by atoms with Gasteiger partial charge in [-0.3, -0.25) is 0 Å². The predicted molar refractivity (Wildman–Crippen MR) is 78.1 cm³/mol. The Labute approximate surface area is 117 Å². The largest absolute Gasteiger partial charge is 0.390 e. The molecular formula is C16H30N2O. The molecule has 1 aliphatic heterocycles. The number of rotatable bonds is 5. The topological polar surface area (TPSA) is 35.5 Å². The third-order valence-corrected chi connectivity index (χ3v) is 5.70. The Morgan fingerprint density at radius 3 is 2.58 bits per heavy atom. The van der Waals surface area contributed by atoms with Gasteiger partial charge >= 0.3 is 0 Å². The highest BCUT2D eigenvalue weighted by Gasteiger charge is 2.39. The molecule has 0 aromatic heterocycles. The molecule has 19 heavy (non-hydrogen) atoms.